The molecule has 0 aliphatic carbocycles. The lowest BCUT2D eigenvalue weighted by atomic mass is 9.92. The highest BCUT2D eigenvalue weighted by Gasteiger charge is 2.37. The zero-order chi connectivity index (χ0) is 21.5. The Morgan fingerprint density at radius 2 is 0.839 bits per heavy atom. The second-order valence-electron chi connectivity index (χ2n) is 7.63. The minimum absolute atomic E-state index is 0.0937. The lowest BCUT2D eigenvalue weighted by molar-refractivity contribution is 0.834. The molecule has 0 aliphatic heterocycles. The van der Waals surface area contributed by atoms with Gasteiger partial charge in [-0.15, -0.1) is 0 Å². The van der Waals surface area contributed by atoms with Crippen LogP contribution in [0.25, 0.3) is 0 Å². The lowest BCUT2D eigenvalue weighted by Crippen LogP contribution is -2.21. The maximum atomic E-state index is 7.17. The maximum Gasteiger partial charge on any atom is 0.144 e. The Balaban J connectivity index is 1.65. The van der Waals surface area contributed by atoms with E-state index in [1.807, 2.05) is 12.1 Å². The van der Waals surface area contributed by atoms with Crippen LogP contribution in [0.15, 0.2) is 121 Å². The average molecular weight is 463 g/mol. The quantitative estimate of drug-likeness (QED) is 0.182. The smallest absolute Gasteiger partial charge is 0.0958 e. The number of hydrogen-bond donors (Lipinski definition) is 0. The van der Waals surface area contributed by atoms with Crippen LogP contribution in [0.1, 0.15) is 34.1 Å². The summed E-state index contributed by atoms with van der Waals surface area (Å²) < 4.78 is -0.912. The van der Waals surface area contributed by atoms with Crippen molar-refractivity contribution in [3.8, 4) is 0 Å². The fourth-order valence-electron chi connectivity index (χ4n) is 4.04. The lowest BCUT2D eigenvalue weighted by Gasteiger charge is -2.32. The van der Waals surface area contributed by atoms with Crippen LogP contribution in [0.3, 0.4) is 0 Å². The van der Waals surface area contributed by atoms with Crippen LogP contribution in [0.2, 0.25) is 0 Å². The highest BCUT2D eigenvalue weighted by molar-refractivity contribution is 7.45. The van der Waals surface area contributed by atoms with Crippen molar-refractivity contribution in [2.75, 3.05) is 6.16 Å². The topological polar surface area (TPSA) is 0 Å². The van der Waals surface area contributed by atoms with Gasteiger partial charge in [0.2, 0.25) is 0 Å². The van der Waals surface area contributed by atoms with Crippen LogP contribution >= 0.6 is 31.8 Å². The van der Waals surface area contributed by atoms with E-state index in [4.69, 9.17) is 23.2 Å². The molecule has 4 rings (SSSR count). The summed E-state index contributed by atoms with van der Waals surface area (Å²) in [6.07, 6.45) is 0.886. The molecule has 0 nitrogen and oxygen atoms in total. The van der Waals surface area contributed by atoms with Crippen LogP contribution in [0, 0.1) is 0 Å². The summed E-state index contributed by atoms with van der Waals surface area (Å²) in [5, 5.41) is 0. The van der Waals surface area contributed by atoms with E-state index in [0.717, 1.165) is 17.3 Å². The Kier molecular flexibility index (Phi) is 7.46. The second kappa shape index (κ2) is 10.5. The van der Waals surface area contributed by atoms with E-state index < -0.39 is 4.07 Å². The van der Waals surface area contributed by atoms with Gasteiger partial charge in [0.05, 0.1) is 0 Å². The minimum Gasteiger partial charge on any atom is -0.0958 e. The molecule has 0 fully saturated rings. The van der Waals surface area contributed by atoms with Gasteiger partial charge in [-0.05, 0) is 28.4 Å². The Morgan fingerprint density at radius 3 is 1.19 bits per heavy atom. The molecule has 0 aliphatic rings. The molecule has 1 unspecified atom stereocenters. The highest BCUT2D eigenvalue weighted by Crippen LogP contribution is 2.55. The summed E-state index contributed by atoms with van der Waals surface area (Å²) in [7, 11) is 0.353. The summed E-state index contributed by atoms with van der Waals surface area (Å²) in [5.41, 5.74) is 4.87. The average Bonchev–Trinajstić information content (AvgIpc) is 2.82. The third-order valence-corrected chi connectivity index (χ3v) is 8.18. The molecule has 31 heavy (non-hydrogen) atoms. The first kappa shape index (κ1) is 22.1. The molecule has 1 atom stereocenters. The molecule has 4 aromatic carbocycles. The minimum atomic E-state index is -0.912. The van der Waals surface area contributed by atoms with Crippen molar-refractivity contribution < 1.29 is 0 Å². The molecule has 4 aromatic rings. The van der Waals surface area contributed by atoms with Gasteiger partial charge in [0.25, 0.3) is 0 Å². The van der Waals surface area contributed by atoms with Crippen molar-refractivity contribution in [3.05, 3.63) is 144 Å². The van der Waals surface area contributed by atoms with Crippen LogP contribution in [0.4, 0.5) is 0 Å². The first-order valence-corrected chi connectivity index (χ1v) is 12.4. The Hall–Kier alpha value is -2.11. The molecule has 0 heterocycles. The van der Waals surface area contributed by atoms with E-state index in [1.54, 1.807) is 0 Å². The molecule has 0 radical (unpaired) electrons. The van der Waals surface area contributed by atoms with E-state index in [9.17, 15) is 0 Å². The van der Waals surface area contributed by atoms with Gasteiger partial charge in [0.15, 0.2) is 0 Å². The number of halogens is 2. The SMILES string of the molecule is ClC(Cl)(PCC(c1ccccc1)c1ccccc1)C(c1ccccc1)c1ccccc1. The van der Waals surface area contributed by atoms with Crippen LogP contribution in [-0.4, -0.2) is 10.2 Å². The highest BCUT2D eigenvalue weighted by atomic mass is 35.5. The maximum absolute atomic E-state index is 7.17. The zero-order valence-corrected chi connectivity index (χ0v) is 19.7. The van der Waals surface area contributed by atoms with Crippen molar-refractivity contribution in [1.29, 1.82) is 0 Å². The molecule has 156 valence electrons. The number of alkyl halides is 2. The molecule has 0 amide bonds. The van der Waals surface area contributed by atoms with Crippen molar-refractivity contribution in [2.24, 2.45) is 0 Å². The molecule has 0 spiro atoms. The molecular formula is C28H25Cl2P. The third-order valence-electron chi connectivity index (χ3n) is 5.57. The summed E-state index contributed by atoms with van der Waals surface area (Å²) in [4.78, 5) is 0. The van der Waals surface area contributed by atoms with Crippen LogP contribution in [0.5, 0.6) is 0 Å². The monoisotopic (exact) mass is 462 g/mol. The van der Waals surface area contributed by atoms with Crippen molar-refractivity contribution in [2.45, 2.75) is 15.9 Å². The molecule has 0 N–H and O–H groups in total. The summed E-state index contributed by atoms with van der Waals surface area (Å²) in [5.74, 6) is 0.161. The predicted molar refractivity (Wildman–Crippen MR) is 137 cm³/mol. The molecule has 0 bridgehead atoms. The number of rotatable bonds is 8. The van der Waals surface area contributed by atoms with Gasteiger partial charge in [-0.2, -0.15) is 0 Å². The van der Waals surface area contributed by atoms with Gasteiger partial charge >= 0.3 is 0 Å². The van der Waals surface area contributed by atoms with Crippen molar-refractivity contribution >= 4 is 31.8 Å². The Bertz CT molecular complexity index is 972. The van der Waals surface area contributed by atoms with Crippen molar-refractivity contribution in [1.82, 2.24) is 0 Å². The van der Waals surface area contributed by atoms with E-state index in [2.05, 4.69) is 109 Å². The molecule has 0 aromatic heterocycles. The van der Waals surface area contributed by atoms with Gasteiger partial charge in [-0.1, -0.05) is 153 Å². The first-order valence-electron chi connectivity index (χ1n) is 10.5. The van der Waals surface area contributed by atoms with E-state index >= 15 is 0 Å². The van der Waals surface area contributed by atoms with Gasteiger partial charge in [0.1, 0.15) is 4.07 Å². The second-order valence-corrected chi connectivity index (χ2v) is 11.2. The van der Waals surface area contributed by atoms with E-state index in [-0.39, 0.29) is 11.8 Å². The Morgan fingerprint density at radius 1 is 0.516 bits per heavy atom. The number of hydrogen-bond acceptors (Lipinski definition) is 0. The zero-order valence-electron chi connectivity index (χ0n) is 17.2. The standard InChI is InChI=1S/C28H25Cl2P/c29-28(30,27(24-17-9-3-10-18-24)25-19-11-4-12-20-25)31-21-26(22-13-5-1-6-14-22)23-15-7-2-8-16-23/h1-20,26-27,31H,21H2. The molecule has 3 heteroatoms. The van der Waals surface area contributed by atoms with Crippen molar-refractivity contribution in [3.63, 3.8) is 0 Å². The molecular weight excluding hydrogens is 438 g/mol. The van der Waals surface area contributed by atoms with Gasteiger partial charge in [-0.25, -0.2) is 0 Å². The van der Waals surface area contributed by atoms with Crippen LogP contribution in [-0.2, 0) is 0 Å². The predicted octanol–water partition coefficient (Wildman–Crippen LogP) is 8.46. The van der Waals surface area contributed by atoms with Gasteiger partial charge in [0, 0.05) is 11.8 Å². The van der Waals surface area contributed by atoms with Gasteiger partial charge < -0.3 is 0 Å². The summed E-state index contributed by atoms with van der Waals surface area (Å²) in [6, 6.07) is 42.0. The molecule has 0 saturated heterocycles. The number of benzene rings is 4. The fraction of sp³-hybridized carbons (Fsp3) is 0.143. The Labute approximate surface area is 197 Å². The molecule has 0 saturated carbocycles. The van der Waals surface area contributed by atoms with Gasteiger partial charge in [-0.3, -0.25) is 0 Å². The summed E-state index contributed by atoms with van der Waals surface area (Å²) >= 11 is 14.3. The fourth-order valence-corrected chi connectivity index (χ4v) is 6.49. The largest absolute Gasteiger partial charge is 0.144 e. The first-order chi connectivity index (χ1) is 15.1. The third kappa shape index (κ3) is 5.58. The summed E-state index contributed by atoms with van der Waals surface area (Å²) in [6.45, 7) is 0. The van der Waals surface area contributed by atoms with E-state index in [0.29, 0.717) is 8.58 Å². The van der Waals surface area contributed by atoms with E-state index in [1.165, 1.54) is 11.1 Å². The normalized spacial score (nSPS) is 12.1. The van der Waals surface area contributed by atoms with Crippen LogP contribution < -0.4 is 0 Å².